The fourth-order valence-electron chi connectivity index (χ4n) is 1.04. The summed E-state index contributed by atoms with van der Waals surface area (Å²) in [7, 11) is 1.36. The summed E-state index contributed by atoms with van der Waals surface area (Å²) in [6, 6.07) is 4.42. The van der Waals surface area contributed by atoms with Gasteiger partial charge in [0.2, 0.25) is 0 Å². The molecule has 0 fully saturated rings. The van der Waals surface area contributed by atoms with Crippen molar-refractivity contribution < 1.29 is 14.6 Å². The zero-order valence-electron chi connectivity index (χ0n) is 7.44. The smallest absolute Gasteiger partial charge is 0.337 e. The number of nitrogen functional groups attached to an aromatic ring is 1. The minimum absolute atomic E-state index is 0.0269. The summed E-state index contributed by atoms with van der Waals surface area (Å²) in [5.41, 5.74) is 5.61. The van der Waals surface area contributed by atoms with Crippen LogP contribution in [0.2, 0.25) is 0 Å². The van der Waals surface area contributed by atoms with Gasteiger partial charge in [-0.1, -0.05) is 0 Å². The number of rotatable bonds is 2. The average molecular weight is 192 g/mol. The summed E-state index contributed by atoms with van der Waals surface area (Å²) in [6.45, 7) is 0. The van der Waals surface area contributed by atoms with E-state index in [0.29, 0.717) is 0 Å². The highest BCUT2D eigenvalue weighted by Crippen LogP contribution is 2.26. The highest BCUT2D eigenvalue weighted by atomic mass is 16.5. The van der Waals surface area contributed by atoms with Gasteiger partial charge in [0.15, 0.2) is 0 Å². The Morgan fingerprint density at radius 3 is 2.71 bits per heavy atom. The Morgan fingerprint density at radius 1 is 1.64 bits per heavy atom. The SMILES string of the molecule is COc1cc(C#N)cc(C(=O)O)c1N. The molecule has 0 unspecified atom stereocenters. The van der Waals surface area contributed by atoms with Gasteiger partial charge in [-0.05, 0) is 6.07 Å². The summed E-state index contributed by atoms with van der Waals surface area (Å²) in [4.78, 5) is 10.7. The molecule has 0 aliphatic carbocycles. The van der Waals surface area contributed by atoms with Crippen LogP contribution in [0.3, 0.4) is 0 Å². The molecule has 0 saturated heterocycles. The Balaban J connectivity index is 3.44. The Bertz CT molecular complexity index is 421. The number of nitrogens with zero attached hydrogens (tertiary/aromatic N) is 1. The number of hydrogen-bond acceptors (Lipinski definition) is 4. The van der Waals surface area contributed by atoms with Gasteiger partial charge >= 0.3 is 5.97 Å². The van der Waals surface area contributed by atoms with Crippen molar-refractivity contribution >= 4 is 11.7 Å². The summed E-state index contributed by atoms with van der Waals surface area (Å²) >= 11 is 0. The maximum Gasteiger partial charge on any atom is 0.337 e. The number of carbonyl (C=O) groups is 1. The van der Waals surface area contributed by atoms with Crippen LogP contribution in [0.15, 0.2) is 12.1 Å². The molecule has 3 N–H and O–H groups in total. The zero-order chi connectivity index (χ0) is 10.7. The molecule has 72 valence electrons. The second-order valence-electron chi connectivity index (χ2n) is 2.56. The van der Waals surface area contributed by atoms with E-state index < -0.39 is 5.97 Å². The molecule has 1 aromatic rings. The molecule has 0 aliphatic rings. The van der Waals surface area contributed by atoms with Gasteiger partial charge < -0.3 is 15.6 Å². The molecule has 14 heavy (non-hydrogen) atoms. The van der Waals surface area contributed by atoms with Crippen LogP contribution in [0.5, 0.6) is 5.75 Å². The molecule has 1 aromatic carbocycles. The van der Waals surface area contributed by atoms with Crippen LogP contribution in [0.1, 0.15) is 15.9 Å². The molecule has 5 heteroatoms. The number of carboxylic acid groups (broad SMARTS) is 1. The van der Waals surface area contributed by atoms with E-state index in [0.717, 1.165) is 0 Å². The Hall–Kier alpha value is -2.22. The third kappa shape index (κ3) is 1.59. The average Bonchev–Trinajstić information content (AvgIpc) is 2.17. The monoisotopic (exact) mass is 192 g/mol. The van der Waals surface area contributed by atoms with Crippen LogP contribution in [-0.2, 0) is 0 Å². The number of ether oxygens (including phenoxy) is 1. The van der Waals surface area contributed by atoms with Crippen LogP contribution >= 0.6 is 0 Å². The summed E-state index contributed by atoms with van der Waals surface area (Å²) < 4.78 is 4.84. The van der Waals surface area contributed by atoms with Crippen molar-refractivity contribution in [2.75, 3.05) is 12.8 Å². The number of benzene rings is 1. The van der Waals surface area contributed by atoms with Gasteiger partial charge in [0, 0.05) is 6.07 Å². The largest absolute Gasteiger partial charge is 0.495 e. The number of hydrogen-bond donors (Lipinski definition) is 2. The first-order valence-electron chi connectivity index (χ1n) is 3.71. The van der Waals surface area contributed by atoms with Gasteiger partial charge in [-0.3, -0.25) is 0 Å². The normalized spacial score (nSPS) is 9.14. The van der Waals surface area contributed by atoms with Gasteiger partial charge in [-0.25, -0.2) is 4.79 Å². The van der Waals surface area contributed by atoms with E-state index in [1.54, 1.807) is 0 Å². The van der Waals surface area contributed by atoms with Crippen LogP contribution < -0.4 is 10.5 Å². The molecule has 0 radical (unpaired) electrons. The van der Waals surface area contributed by atoms with Crippen molar-refractivity contribution in [3.8, 4) is 11.8 Å². The predicted molar refractivity (Wildman–Crippen MR) is 49.1 cm³/mol. The van der Waals surface area contributed by atoms with Crippen molar-refractivity contribution in [1.29, 1.82) is 5.26 Å². The number of nitrogens with two attached hydrogens (primary N) is 1. The molecule has 0 aromatic heterocycles. The Kier molecular flexibility index (Phi) is 2.58. The van der Waals surface area contributed by atoms with E-state index in [4.69, 9.17) is 20.8 Å². The summed E-state index contributed by atoms with van der Waals surface area (Å²) in [6.07, 6.45) is 0. The Morgan fingerprint density at radius 2 is 2.29 bits per heavy atom. The van der Waals surface area contributed by atoms with Crippen molar-refractivity contribution in [1.82, 2.24) is 0 Å². The molecule has 0 heterocycles. The summed E-state index contributed by atoms with van der Waals surface area (Å²) in [5.74, 6) is -0.987. The molecule has 0 bridgehead atoms. The number of nitriles is 1. The first-order chi connectivity index (χ1) is 6.60. The molecule has 0 spiro atoms. The number of carboxylic acids is 1. The van der Waals surface area contributed by atoms with Crippen LogP contribution in [0, 0.1) is 11.3 Å². The maximum absolute atomic E-state index is 10.7. The standard InChI is InChI=1S/C9H8N2O3/c1-14-7-3-5(4-10)2-6(8(7)11)9(12)13/h2-3H,11H2,1H3,(H,12,13). The van der Waals surface area contributed by atoms with Gasteiger partial charge in [-0.15, -0.1) is 0 Å². The van der Waals surface area contributed by atoms with Crippen molar-refractivity contribution in [2.24, 2.45) is 0 Å². The lowest BCUT2D eigenvalue weighted by Gasteiger charge is -2.07. The van der Waals surface area contributed by atoms with E-state index in [1.807, 2.05) is 6.07 Å². The van der Waals surface area contributed by atoms with E-state index in [2.05, 4.69) is 0 Å². The molecule has 0 aliphatic heterocycles. The highest BCUT2D eigenvalue weighted by molar-refractivity contribution is 5.95. The quantitative estimate of drug-likeness (QED) is 0.677. The minimum Gasteiger partial charge on any atom is -0.495 e. The first-order valence-corrected chi connectivity index (χ1v) is 3.71. The van der Waals surface area contributed by atoms with Crippen molar-refractivity contribution in [3.05, 3.63) is 23.3 Å². The molecule has 5 nitrogen and oxygen atoms in total. The van der Waals surface area contributed by atoms with E-state index in [-0.39, 0.29) is 22.6 Å². The molecule has 0 amide bonds. The lowest BCUT2D eigenvalue weighted by molar-refractivity contribution is 0.0697. The second kappa shape index (κ2) is 3.66. The molecule has 1 rings (SSSR count). The van der Waals surface area contributed by atoms with Gasteiger partial charge in [-0.2, -0.15) is 5.26 Å². The third-order valence-corrected chi connectivity index (χ3v) is 1.72. The van der Waals surface area contributed by atoms with Crippen molar-refractivity contribution in [3.63, 3.8) is 0 Å². The van der Waals surface area contributed by atoms with Crippen LogP contribution in [0.25, 0.3) is 0 Å². The second-order valence-corrected chi connectivity index (χ2v) is 2.56. The van der Waals surface area contributed by atoms with Gasteiger partial charge in [0.1, 0.15) is 5.75 Å². The fraction of sp³-hybridized carbons (Fsp3) is 0.111. The van der Waals surface area contributed by atoms with E-state index in [9.17, 15) is 4.79 Å². The van der Waals surface area contributed by atoms with Gasteiger partial charge in [0.25, 0.3) is 0 Å². The summed E-state index contributed by atoms with van der Waals surface area (Å²) in [5, 5.41) is 17.4. The predicted octanol–water partition coefficient (Wildman–Crippen LogP) is 0.847. The maximum atomic E-state index is 10.7. The molecule has 0 saturated carbocycles. The van der Waals surface area contributed by atoms with Crippen LogP contribution in [0.4, 0.5) is 5.69 Å². The van der Waals surface area contributed by atoms with E-state index >= 15 is 0 Å². The van der Waals surface area contributed by atoms with Crippen LogP contribution in [-0.4, -0.2) is 18.2 Å². The molecule has 0 atom stereocenters. The lowest BCUT2D eigenvalue weighted by Crippen LogP contribution is -2.05. The minimum atomic E-state index is -1.18. The number of aromatic carboxylic acids is 1. The number of methoxy groups -OCH3 is 1. The number of anilines is 1. The topological polar surface area (TPSA) is 96.3 Å². The first kappa shape index (κ1) is 9.86. The lowest BCUT2D eigenvalue weighted by atomic mass is 10.1. The molecular formula is C9H8N2O3. The highest BCUT2D eigenvalue weighted by Gasteiger charge is 2.13. The van der Waals surface area contributed by atoms with Crippen molar-refractivity contribution in [2.45, 2.75) is 0 Å². The zero-order valence-corrected chi connectivity index (χ0v) is 7.44. The van der Waals surface area contributed by atoms with Gasteiger partial charge in [0.05, 0.1) is 30.0 Å². The Labute approximate surface area is 80.3 Å². The molecular weight excluding hydrogens is 184 g/mol. The fourth-order valence-corrected chi connectivity index (χ4v) is 1.04. The van der Waals surface area contributed by atoms with E-state index in [1.165, 1.54) is 19.2 Å². The third-order valence-electron chi connectivity index (χ3n) is 1.72.